The lowest BCUT2D eigenvalue weighted by Gasteiger charge is -2.16. The van der Waals surface area contributed by atoms with Crippen LogP contribution in [-0.2, 0) is 12.8 Å². The second-order valence-electron chi connectivity index (χ2n) is 9.31. The molecule has 2 aliphatic heterocycles. The molecule has 1 N–H and O–H groups in total. The number of fused-ring (bicyclic) bond motifs is 4. The fourth-order valence-electron chi connectivity index (χ4n) is 5.21. The second kappa shape index (κ2) is 8.64. The molecule has 0 atom stereocenters. The van der Waals surface area contributed by atoms with Crippen LogP contribution in [0.15, 0.2) is 119 Å². The molecule has 5 nitrogen and oxygen atoms in total. The number of furan rings is 1. The van der Waals surface area contributed by atoms with Gasteiger partial charge in [0.15, 0.2) is 5.82 Å². The van der Waals surface area contributed by atoms with E-state index in [2.05, 4.69) is 71.7 Å². The monoisotopic (exact) mass is 481 g/mol. The Balaban J connectivity index is 1.48. The first-order valence-corrected chi connectivity index (χ1v) is 12.3. The number of H-pyrrole nitrogens is 1. The number of benzene rings is 4. The van der Waals surface area contributed by atoms with E-state index in [9.17, 15) is 4.79 Å². The van der Waals surface area contributed by atoms with Crippen LogP contribution in [0.1, 0.15) is 22.7 Å². The minimum atomic E-state index is -0.124. The number of nitrogens with zero attached hydrogens (tertiary/aromatic N) is 2. The fourth-order valence-corrected chi connectivity index (χ4v) is 5.21. The number of aromatic nitrogens is 3. The van der Waals surface area contributed by atoms with Crippen LogP contribution in [-0.4, -0.2) is 14.5 Å². The lowest BCUT2D eigenvalue weighted by molar-refractivity contribution is 0.519. The molecular formula is C32H23N3O2. The Bertz CT molecular complexity index is 1900. The van der Waals surface area contributed by atoms with Crippen molar-refractivity contribution in [1.29, 1.82) is 0 Å². The molecular weight excluding hydrogens is 458 g/mol. The van der Waals surface area contributed by atoms with E-state index in [-0.39, 0.29) is 5.56 Å². The molecule has 0 amide bonds. The van der Waals surface area contributed by atoms with Crippen molar-refractivity contribution in [2.24, 2.45) is 0 Å². The first-order chi connectivity index (χ1) is 18.2. The molecule has 7 rings (SSSR count). The summed E-state index contributed by atoms with van der Waals surface area (Å²) in [5, 5.41) is 4.67. The molecule has 5 aromatic rings. The van der Waals surface area contributed by atoms with Gasteiger partial charge >= 0.3 is 0 Å². The summed E-state index contributed by atoms with van der Waals surface area (Å²) in [4.78, 5) is 22.0. The van der Waals surface area contributed by atoms with Crippen LogP contribution in [0.5, 0.6) is 0 Å². The first-order valence-electron chi connectivity index (χ1n) is 12.3. The summed E-state index contributed by atoms with van der Waals surface area (Å²) in [5.74, 6) is 1.36. The van der Waals surface area contributed by atoms with E-state index in [4.69, 9.17) is 9.40 Å². The molecule has 0 fully saturated rings. The van der Waals surface area contributed by atoms with Crippen molar-refractivity contribution in [2.45, 2.75) is 12.8 Å². The van der Waals surface area contributed by atoms with Gasteiger partial charge < -0.3 is 9.40 Å². The van der Waals surface area contributed by atoms with Crippen molar-refractivity contribution in [3.05, 3.63) is 143 Å². The quantitative estimate of drug-likeness (QED) is 0.277. The van der Waals surface area contributed by atoms with E-state index >= 15 is 0 Å². The zero-order valence-corrected chi connectivity index (χ0v) is 20.0. The van der Waals surface area contributed by atoms with Crippen LogP contribution in [0.4, 0.5) is 0 Å². The van der Waals surface area contributed by atoms with Crippen LogP contribution in [0.2, 0.25) is 0 Å². The van der Waals surface area contributed by atoms with Gasteiger partial charge in [0.1, 0.15) is 11.5 Å². The Labute approximate surface area is 213 Å². The van der Waals surface area contributed by atoms with Crippen molar-refractivity contribution in [3.63, 3.8) is 0 Å². The third-order valence-electron chi connectivity index (χ3n) is 6.95. The highest BCUT2D eigenvalue weighted by Crippen LogP contribution is 2.35. The number of rotatable bonds is 5. The Kier molecular flexibility index (Phi) is 5.00. The van der Waals surface area contributed by atoms with Gasteiger partial charge in [0.25, 0.3) is 5.56 Å². The Morgan fingerprint density at radius 1 is 0.784 bits per heavy atom. The molecule has 1 aromatic heterocycles. The Hall–Kier alpha value is -4.90. The molecule has 37 heavy (non-hydrogen) atoms. The zero-order chi connectivity index (χ0) is 24.8. The lowest BCUT2D eigenvalue weighted by Crippen LogP contribution is -2.17. The molecule has 0 spiro atoms. The number of aromatic amines is 1. The smallest absolute Gasteiger partial charge is 0.278 e. The van der Waals surface area contributed by atoms with Crippen molar-refractivity contribution >= 4 is 21.5 Å². The van der Waals surface area contributed by atoms with E-state index < -0.39 is 0 Å². The van der Waals surface area contributed by atoms with Gasteiger partial charge in [0.2, 0.25) is 0 Å². The van der Waals surface area contributed by atoms with Crippen LogP contribution < -0.4 is 5.56 Å². The summed E-state index contributed by atoms with van der Waals surface area (Å²) in [6.07, 6.45) is 4.49. The molecule has 0 bridgehead atoms. The molecule has 3 heterocycles. The Morgan fingerprint density at radius 3 is 2.35 bits per heavy atom. The van der Waals surface area contributed by atoms with Gasteiger partial charge in [0.05, 0.1) is 24.1 Å². The van der Waals surface area contributed by atoms with Crippen LogP contribution in [0.25, 0.3) is 38.6 Å². The summed E-state index contributed by atoms with van der Waals surface area (Å²) in [5.41, 5.74) is 4.30. The topological polar surface area (TPSA) is 63.8 Å². The van der Waals surface area contributed by atoms with Gasteiger partial charge in [-0.3, -0.25) is 9.36 Å². The number of nitrogens with one attached hydrogen (secondary N) is 1. The van der Waals surface area contributed by atoms with Gasteiger partial charge in [-0.25, -0.2) is 4.98 Å². The molecule has 5 heteroatoms. The molecule has 2 aliphatic rings. The summed E-state index contributed by atoms with van der Waals surface area (Å²) < 4.78 is 7.19. The third kappa shape index (κ3) is 3.72. The predicted octanol–water partition coefficient (Wildman–Crippen LogP) is 6.75. The largest absolute Gasteiger partial charge is 0.469 e. The fraction of sp³-hybridized carbons (Fsp3) is 0.0625. The summed E-state index contributed by atoms with van der Waals surface area (Å²) in [6, 6.07) is 33.0. The second-order valence-corrected chi connectivity index (χ2v) is 9.31. The normalized spacial score (nSPS) is 11.6. The van der Waals surface area contributed by atoms with Crippen LogP contribution in [0, 0.1) is 0 Å². The van der Waals surface area contributed by atoms with Gasteiger partial charge in [-0.1, -0.05) is 78.9 Å². The third-order valence-corrected chi connectivity index (χ3v) is 6.95. The molecule has 178 valence electrons. The maximum atomic E-state index is 13.6. The summed E-state index contributed by atoms with van der Waals surface area (Å²) in [6.45, 7) is 0. The molecule has 0 saturated heterocycles. The van der Waals surface area contributed by atoms with Crippen molar-refractivity contribution in [1.82, 2.24) is 14.5 Å². The van der Waals surface area contributed by atoms with E-state index in [0.717, 1.165) is 39.0 Å². The van der Waals surface area contributed by atoms with Gasteiger partial charge in [-0.15, -0.1) is 0 Å². The van der Waals surface area contributed by atoms with Crippen LogP contribution in [0.3, 0.4) is 0 Å². The maximum Gasteiger partial charge on any atom is 0.278 e. The highest BCUT2D eigenvalue weighted by molar-refractivity contribution is 6.13. The van der Waals surface area contributed by atoms with Crippen molar-refractivity contribution < 1.29 is 4.42 Å². The average molecular weight is 482 g/mol. The molecule has 0 radical (unpaired) electrons. The van der Waals surface area contributed by atoms with E-state index in [1.54, 1.807) is 10.8 Å². The van der Waals surface area contributed by atoms with Gasteiger partial charge in [-0.05, 0) is 45.3 Å². The van der Waals surface area contributed by atoms with E-state index in [0.29, 0.717) is 24.4 Å². The number of hydrogen-bond donors (Lipinski definition) is 1. The predicted molar refractivity (Wildman–Crippen MR) is 147 cm³/mol. The van der Waals surface area contributed by atoms with Gasteiger partial charge in [-0.2, -0.15) is 0 Å². The highest BCUT2D eigenvalue weighted by Gasteiger charge is 2.22. The van der Waals surface area contributed by atoms with Crippen molar-refractivity contribution in [3.8, 4) is 17.1 Å². The van der Waals surface area contributed by atoms with E-state index in [1.807, 2.05) is 36.5 Å². The minimum absolute atomic E-state index is 0.124. The Morgan fingerprint density at radius 2 is 1.54 bits per heavy atom. The maximum absolute atomic E-state index is 13.6. The highest BCUT2D eigenvalue weighted by atomic mass is 16.3. The number of hydrogen-bond acceptors (Lipinski definition) is 3. The van der Waals surface area contributed by atoms with Crippen LogP contribution >= 0.6 is 0 Å². The molecule has 0 unspecified atom stereocenters. The molecule has 4 aromatic carbocycles. The lowest BCUT2D eigenvalue weighted by atomic mass is 9.95. The standard InChI is InChI=1S/C32H23N3O2/c36-32-29(19-23-12-8-16-37-23)34-31-28(17-21-9-2-1-3-10-21)33-30(20-35(31)32)27-18-22-11-4-5-13-24(22)25-14-6-7-15-26(25)27/h1-16,18,20,33H,17,19H2. The SMILES string of the molecule is O=c1c(Cc2ccco2)nc2c(Cc3ccccc3)[nH]c(-c3cc4ccccc4c4ccccc34)cn1-2. The average Bonchev–Trinajstić information content (AvgIpc) is 3.57. The molecule has 0 aliphatic carbocycles. The number of imidazole rings is 1. The zero-order valence-electron chi connectivity index (χ0n) is 20.0. The summed E-state index contributed by atoms with van der Waals surface area (Å²) in [7, 11) is 0. The van der Waals surface area contributed by atoms with E-state index in [1.165, 1.54) is 10.8 Å². The minimum Gasteiger partial charge on any atom is -0.469 e. The molecule has 0 saturated carbocycles. The van der Waals surface area contributed by atoms with Crippen molar-refractivity contribution in [2.75, 3.05) is 0 Å². The first kappa shape index (κ1) is 21.4. The van der Waals surface area contributed by atoms with Gasteiger partial charge in [0, 0.05) is 18.2 Å². The summed E-state index contributed by atoms with van der Waals surface area (Å²) >= 11 is 0.